The molecule has 0 bridgehead atoms. The number of nitro benzene ring substituents is 1. The molecule has 1 aromatic carbocycles. The average molecular weight is 371 g/mol. The van der Waals surface area contributed by atoms with E-state index in [9.17, 15) is 29.6 Å². The zero-order chi connectivity index (χ0) is 19.9. The summed E-state index contributed by atoms with van der Waals surface area (Å²) in [7, 11) is 2.51. The van der Waals surface area contributed by atoms with Crippen LogP contribution in [-0.4, -0.2) is 51.8 Å². The molecule has 1 aliphatic heterocycles. The molecule has 1 fully saturated rings. The summed E-state index contributed by atoms with van der Waals surface area (Å²) in [5.41, 5.74) is -0.407. The highest BCUT2D eigenvalue weighted by Gasteiger charge is 2.38. The van der Waals surface area contributed by atoms with Crippen LogP contribution in [0.25, 0.3) is 17.4 Å². The van der Waals surface area contributed by atoms with Gasteiger partial charge in [0.2, 0.25) is 0 Å². The van der Waals surface area contributed by atoms with E-state index in [0.717, 1.165) is 21.9 Å². The third-order valence-electron chi connectivity index (χ3n) is 4.01. The lowest BCUT2D eigenvalue weighted by Gasteiger charge is -2.28. The molecule has 1 saturated heterocycles. The van der Waals surface area contributed by atoms with Crippen LogP contribution in [0, 0.1) is 10.1 Å². The lowest BCUT2D eigenvalue weighted by molar-refractivity contribution is -0.385. The maximum Gasteiger partial charge on any atom is 0.333 e. The SMILES string of the molecule is CN1C(=O)C(=Cc2ccc(-c3ccc(O)c([N+](=O)[O-])c3)o2)C(=O)N(C)C1=O. The molecule has 10 heteroatoms. The predicted octanol–water partition coefficient (Wildman–Crippen LogP) is 1.99. The number of rotatable bonds is 3. The van der Waals surface area contributed by atoms with Crippen LogP contribution in [0.2, 0.25) is 0 Å². The summed E-state index contributed by atoms with van der Waals surface area (Å²) in [5, 5.41) is 20.4. The van der Waals surface area contributed by atoms with E-state index in [-0.39, 0.29) is 17.1 Å². The first-order chi connectivity index (χ1) is 12.7. The van der Waals surface area contributed by atoms with Crippen molar-refractivity contribution in [2.24, 2.45) is 0 Å². The van der Waals surface area contributed by atoms with Crippen molar-refractivity contribution in [2.45, 2.75) is 0 Å². The Morgan fingerprint density at radius 1 is 1.07 bits per heavy atom. The first-order valence-electron chi connectivity index (χ1n) is 7.60. The summed E-state index contributed by atoms with van der Waals surface area (Å²) in [6, 6.07) is 5.96. The van der Waals surface area contributed by atoms with Gasteiger partial charge in [0, 0.05) is 25.7 Å². The number of urea groups is 1. The van der Waals surface area contributed by atoms with Crippen molar-refractivity contribution in [1.82, 2.24) is 9.80 Å². The summed E-state index contributed by atoms with van der Waals surface area (Å²) in [6.07, 6.45) is 1.20. The molecule has 0 unspecified atom stereocenters. The van der Waals surface area contributed by atoms with E-state index in [2.05, 4.69) is 0 Å². The van der Waals surface area contributed by atoms with Gasteiger partial charge in [-0.15, -0.1) is 0 Å². The second kappa shape index (κ2) is 6.41. The largest absolute Gasteiger partial charge is 0.502 e. The number of furan rings is 1. The lowest BCUT2D eigenvalue weighted by atomic mass is 10.1. The Bertz CT molecular complexity index is 995. The number of amides is 4. The standard InChI is InChI=1S/C17H13N3O7/c1-18-15(22)11(16(23)19(2)17(18)24)8-10-4-6-14(27-10)9-3-5-13(21)12(7-9)20(25)26/h3-8,21H,1-2H3. The van der Waals surface area contributed by atoms with Gasteiger partial charge in [-0.25, -0.2) is 4.79 Å². The number of phenols is 1. The number of hydrogen-bond acceptors (Lipinski definition) is 7. The summed E-state index contributed by atoms with van der Waals surface area (Å²) >= 11 is 0. The van der Waals surface area contributed by atoms with E-state index >= 15 is 0 Å². The van der Waals surface area contributed by atoms with Gasteiger partial charge in [0.25, 0.3) is 11.8 Å². The molecule has 0 saturated carbocycles. The molecule has 0 atom stereocenters. The molecule has 138 valence electrons. The van der Waals surface area contributed by atoms with Gasteiger partial charge in [0.1, 0.15) is 17.1 Å². The molecule has 27 heavy (non-hydrogen) atoms. The van der Waals surface area contributed by atoms with Crippen LogP contribution in [0.3, 0.4) is 0 Å². The van der Waals surface area contributed by atoms with Crippen LogP contribution in [0.4, 0.5) is 10.5 Å². The van der Waals surface area contributed by atoms with Crippen LogP contribution in [0.1, 0.15) is 5.76 Å². The molecule has 1 aromatic heterocycles. The van der Waals surface area contributed by atoms with Crippen LogP contribution < -0.4 is 0 Å². The van der Waals surface area contributed by atoms with Crippen LogP contribution in [0.15, 0.2) is 40.3 Å². The highest BCUT2D eigenvalue weighted by molar-refractivity contribution is 6.30. The Kier molecular flexibility index (Phi) is 4.24. The van der Waals surface area contributed by atoms with Gasteiger partial charge in [0.15, 0.2) is 5.75 Å². The van der Waals surface area contributed by atoms with E-state index < -0.39 is 34.2 Å². The number of carbonyl (C=O) groups excluding carboxylic acids is 3. The fourth-order valence-electron chi connectivity index (χ4n) is 2.53. The van der Waals surface area contributed by atoms with Gasteiger partial charge in [-0.05, 0) is 30.3 Å². The van der Waals surface area contributed by atoms with Crippen molar-refractivity contribution >= 4 is 29.6 Å². The number of barbiturate groups is 1. The number of nitrogens with zero attached hydrogens (tertiary/aromatic N) is 3. The van der Waals surface area contributed by atoms with Gasteiger partial charge < -0.3 is 9.52 Å². The lowest BCUT2D eigenvalue weighted by Crippen LogP contribution is -2.52. The zero-order valence-corrected chi connectivity index (χ0v) is 14.2. The Morgan fingerprint density at radius 2 is 1.70 bits per heavy atom. The van der Waals surface area contributed by atoms with Crippen LogP contribution in [0.5, 0.6) is 5.75 Å². The smallest absolute Gasteiger partial charge is 0.333 e. The minimum Gasteiger partial charge on any atom is -0.502 e. The van der Waals surface area contributed by atoms with Gasteiger partial charge in [-0.2, -0.15) is 0 Å². The number of benzene rings is 1. The summed E-state index contributed by atoms with van der Waals surface area (Å²) in [6.45, 7) is 0. The number of carbonyl (C=O) groups is 3. The van der Waals surface area contributed by atoms with Crippen molar-refractivity contribution in [1.29, 1.82) is 0 Å². The van der Waals surface area contributed by atoms with Crippen molar-refractivity contribution in [3.63, 3.8) is 0 Å². The second-order valence-electron chi connectivity index (χ2n) is 5.73. The fraction of sp³-hybridized carbons (Fsp3) is 0.118. The maximum absolute atomic E-state index is 12.2. The van der Waals surface area contributed by atoms with Crippen molar-refractivity contribution in [3.8, 4) is 17.1 Å². The van der Waals surface area contributed by atoms with Gasteiger partial charge in [-0.3, -0.25) is 29.5 Å². The number of nitro groups is 1. The Labute approximate surface area is 152 Å². The summed E-state index contributed by atoms with van der Waals surface area (Å²) in [5.74, 6) is -1.62. The second-order valence-corrected chi connectivity index (χ2v) is 5.73. The van der Waals surface area contributed by atoms with Crippen molar-refractivity contribution < 1.29 is 28.8 Å². The van der Waals surface area contributed by atoms with Gasteiger partial charge >= 0.3 is 11.7 Å². The quantitative estimate of drug-likeness (QED) is 0.377. The maximum atomic E-state index is 12.2. The molecular weight excluding hydrogens is 358 g/mol. The van der Waals surface area contributed by atoms with E-state index in [1.807, 2.05) is 0 Å². The molecule has 0 radical (unpaired) electrons. The highest BCUT2D eigenvalue weighted by Crippen LogP contribution is 2.32. The van der Waals surface area contributed by atoms with E-state index in [0.29, 0.717) is 5.56 Å². The Balaban J connectivity index is 1.97. The van der Waals surface area contributed by atoms with E-state index in [1.54, 1.807) is 0 Å². The molecular formula is C17H13N3O7. The fourth-order valence-corrected chi connectivity index (χ4v) is 2.53. The number of hydrogen-bond donors (Lipinski definition) is 1. The van der Waals surface area contributed by atoms with E-state index in [1.165, 1.54) is 38.4 Å². The number of aromatic hydroxyl groups is 1. The van der Waals surface area contributed by atoms with Gasteiger partial charge in [-0.1, -0.05) is 0 Å². The summed E-state index contributed by atoms with van der Waals surface area (Å²) in [4.78, 5) is 47.9. The number of imide groups is 2. The van der Waals surface area contributed by atoms with Gasteiger partial charge in [0.05, 0.1) is 4.92 Å². The molecule has 2 aromatic rings. The van der Waals surface area contributed by atoms with Crippen LogP contribution in [-0.2, 0) is 9.59 Å². The average Bonchev–Trinajstić information content (AvgIpc) is 3.11. The molecule has 4 amide bonds. The third-order valence-corrected chi connectivity index (χ3v) is 4.01. The first-order valence-corrected chi connectivity index (χ1v) is 7.60. The predicted molar refractivity (Wildman–Crippen MR) is 91.4 cm³/mol. The molecule has 0 spiro atoms. The number of phenolic OH excluding ortho intramolecular Hbond substituents is 1. The highest BCUT2D eigenvalue weighted by atomic mass is 16.6. The first kappa shape index (κ1) is 17.9. The minimum atomic E-state index is -0.763. The van der Waals surface area contributed by atoms with Crippen molar-refractivity contribution in [3.05, 3.63) is 51.8 Å². The number of likely N-dealkylation sites (N-methyl/N-ethyl adjacent to an activating group) is 2. The van der Waals surface area contributed by atoms with Crippen LogP contribution >= 0.6 is 0 Å². The molecule has 3 rings (SSSR count). The molecule has 2 heterocycles. The Hall–Kier alpha value is -3.95. The minimum absolute atomic E-state index is 0.147. The third kappa shape index (κ3) is 3.03. The zero-order valence-electron chi connectivity index (χ0n) is 14.2. The summed E-state index contributed by atoms with van der Waals surface area (Å²) < 4.78 is 5.53. The molecule has 10 nitrogen and oxygen atoms in total. The Morgan fingerprint density at radius 3 is 2.30 bits per heavy atom. The molecule has 0 aliphatic carbocycles. The normalized spacial score (nSPS) is 14.7. The topological polar surface area (TPSA) is 134 Å². The van der Waals surface area contributed by atoms with Crippen molar-refractivity contribution in [2.75, 3.05) is 14.1 Å². The monoisotopic (exact) mass is 371 g/mol. The van der Waals surface area contributed by atoms with E-state index in [4.69, 9.17) is 4.42 Å². The molecule has 1 aliphatic rings. The molecule has 1 N–H and O–H groups in total.